The summed E-state index contributed by atoms with van der Waals surface area (Å²) in [5, 5.41) is 8.30. The van der Waals surface area contributed by atoms with Gasteiger partial charge in [0, 0.05) is 12.0 Å². The van der Waals surface area contributed by atoms with E-state index in [0.717, 1.165) is 36.3 Å². The average molecular weight is 271 g/mol. The Labute approximate surface area is 117 Å². The molecule has 1 heterocycles. The minimum Gasteiger partial charge on any atom is -0.497 e. The second-order valence-corrected chi connectivity index (χ2v) is 5.04. The van der Waals surface area contributed by atoms with E-state index in [-0.39, 0.29) is 11.8 Å². The molecular formula is C15H17N3O2. The van der Waals surface area contributed by atoms with E-state index in [1.54, 1.807) is 11.8 Å². The summed E-state index contributed by atoms with van der Waals surface area (Å²) in [6, 6.07) is 7.52. The zero-order valence-electron chi connectivity index (χ0n) is 11.5. The molecule has 1 fully saturated rings. The van der Waals surface area contributed by atoms with Gasteiger partial charge >= 0.3 is 0 Å². The summed E-state index contributed by atoms with van der Waals surface area (Å²) in [7, 11) is 1.64. The van der Waals surface area contributed by atoms with Crippen LogP contribution in [0.3, 0.4) is 0 Å². The number of ether oxygens (including phenoxy) is 1. The van der Waals surface area contributed by atoms with Crippen LogP contribution in [-0.2, 0) is 4.79 Å². The van der Waals surface area contributed by atoms with E-state index in [4.69, 9.17) is 4.74 Å². The highest BCUT2D eigenvalue weighted by Crippen LogP contribution is 2.26. The SMILES string of the molecule is COc1ccc(-c2cn(C3CCCCC3=O)nn2)cc1. The van der Waals surface area contributed by atoms with Crippen LogP contribution >= 0.6 is 0 Å². The van der Waals surface area contributed by atoms with Crippen molar-refractivity contribution >= 4 is 5.78 Å². The molecule has 0 saturated heterocycles. The van der Waals surface area contributed by atoms with Gasteiger partial charge in [-0.3, -0.25) is 4.79 Å². The number of rotatable bonds is 3. The normalized spacial score (nSPS) is 19.1. The molecule has 1 aliphatic carbocycles. The number of benzene rings is 1. The number of hydrogen-bond donors (Lipinski definition) is 0. The Morgan fingerprint density at radius 1 is 1.25 bits per heavy atom. The number of aromatic nitrogens is 3. The van der Waals surface area contributed by atoms with E-state index in [1.165, 1.54) is 0 Å². The second kappa shape index (κ2) is 5.45. The fourth-order valence-electron chi connectivity index (χ4n) is 2.57. The number of ketones is 1. The van der Waals surface area contributed by atoms with Gasteiger partial charge in [-0.2, -0.15) is 0 Å². The summed E-state index contributed by atoms with van der Waals surface area (Å²) in [5.74, 6) is 1.08. The maximum Gasteiger partial charge on any atom is 0.157 e. The molecule has 5 nitrogen and oxygen atoms in total. The minimum absolute atomic E-state index is 0.136. The molecule has 1 atom stereocenters. The third-order valence-corrected chi connectivity index (χ3v) is 3.74. The van der Waals surface area contributed by atoms with E-state index >= 15 is 0 Å². The van der Waals surface area contributed by atoms with E-state index in [2.05, 4.69) is 10.3 Å². The predicted octanol–water partition coefficient (Wildman–Crippen LogP) is 2.64. The number of hydrogen-bond acceptors (Lipinski definition) is 4. The van der Waals surface area contributed by atoms with Crippen LogP contribution < -0.4 is 4.74 Å². The lowest BCUT2D eigenvalue weighted by atomic mass is 9.94. The van der Waals surface area contributed by atoms with Crippen LogP contribution in [0.1, 0.15) is 31.7 Å². The first kappa shape index (κ1) is 12.8. The highest BCUT2D eigenvalue weighted by Gasteiger charge is 2.25. The van der Waals surface area contributed by atoms with Crippen molar-refractivity contribution < 1.29 is 9.53 Å². The molecule has 0 N–H and O–H groups in total. The van der Waals surface area contributed by atoms with Gasteiger partial charge in [0.2, 0.25) is 0 Å². The molecule has 3 rings (SSSR count). The molecule has 104 valence electrons. The van der Waals surface area contributed by atoms with Crippen LogP contribution in [0.4, 0.5) is 0 Å². The first-order valence-electron chi connectivity index (χ1n) is 6.87. The molecule has 1 saturated carbocycles. The quantitative estimate of drug-likeness (QED) is 0.861. The molecule has 0 aliphatic heterocycles. The Hall–Kier alpha value is -2.17. The van der Waals surface area contributed by atoms with Gasteiger partial charge in [0.25, 0.3) is 0 Å². The highest BCUT2D eigenvalue weighted by atomic mass is 16.5. The lowest BCUT2D eigenvalue weighted by Crippen LogP contribution is -2.23. The van der Waals surface area contributed by atoms with E-state index in [1.807, 2.05) is 30.5 Å². The molecule has 1 aromatic carbocycles. The van der Waals surface area contributed by atoms with Crippen LogP contribution in [0.2, 0.25) is 0 Å². The van der Waals surface area contributed by atoms with E-state index < -0.39 is 0 Å². The third kappa shape index (κ3) is 2.43. The summed E-state index contributed by atoms with van der Waals surface area (Å²) in [6.45, 7) is 0. The van der Waals surface area contributed by atoms with E-state index in [9.17, 15) is 4.79 Å². The van der Waals surface area contributed by atoms with Crippen molar-refractivity contribution in [2.75, 3.05) is 7.11 Å². The van der Waals surface area contributed by atoms with Crippen molar-refractivity contribution in [1.82, 2.24) is 15.0 Å². The van der Waals surface area contributed by atoms with Crippen molar-refractivity contribution in [3.05, 3.63) is 30.5 Å². The standard InChI is InChI=1S/C15H17N3O2/c1-20-12-8-6-11(7-9-12)13-10-18(17-16-13)14-4-2-3-5-15(14)19/h6-10,14H,2-5H2,1H3. The Bertz CT molecular complexity index is 604. The van der Waals surface area contributed by atoms with Gasteiger partial charge < -0.3 is 4.74 Å². The molecule has 5 heteroatoms. The van der Waals surface area contributed by atoms with Crippen LogP contribution in [0, 0.1) is 0 Å². The molecule has 0 bridgehead atoms. The van der Waals surface area contributed by atoms with Gasteiger partial charge in [-0.15, -0.1) is 5.10 Å². The first-order valence-corrected chi connectivity index (χ1v) is 6.87. The zero-order valence-corrected chi connectivity index (χ0v) is 11.5. The van der Waals surface area contributed by atoms with Crippen LogP contribution in [-0.4, -0.2) is 27.9 Å². The summed E-state index contributed by atoms with van der Waals surface area (Å²) in [6.07, 6.45) is 5.45. The Balaban J connectivity index is 1.83. The van der Waals surface area contributed by atoms with Crippen molar-refractivity contribution in [3.63, 3.8) is 0 Å². The maximum absolute atomic E-state index is 11.9. The largest absolute Gasteiger partial charge is 0.497 e. The number of carbonyl (C=O) groups is 1. The Morgan fingerprint density at radius 3 is 2.75 bits per heavy atom. The van der Waals surface area contributed by atoms with Gasteiger partial charge in [-0.1, -0.05) is 11.6 Å². The number of Topliss-reactive ketones (excluding diaryl/α,β-unsaturated/α-hetero) is 1. The Morgan fingerprint density at radius 2 is 2.05 bits per heavy atom. The summed E-state index contributed by atoms with van der Waals surface area (Å²) in [4.78, 5) is 11.9. The van der Waals surface area contributed by atoms with Gasteiger partial charge in [-0.25, -0.2) is 4.68 Å². The minimum atomic E-state index is -0.136. The van der Waals surface area contributed by atoms with Gasteiger partial charge in [0.1, 0.15) is 17.5 Å². The number of carbonyl (C=O) groups excluding carboxylic acids is 1. The monoisotopic (exact) mass is 271 g/mol. The third-order valence-electron chi connectivity index (χ3n) is 3.74. The number of methoxy groups -OCH3 is 1. The molecular weight excluding hydrogens is 254 g/mol. The molecule has 20 heavy (non-hydrogen) atoms. The van der Waals surface area contributed by atoms with Crippen LogP contribution in [0.25, 0.3) is 11.3 Å². The fourth-order valence-corrected chi connectivity index (χ4v) is 2.57. The predicted molar refractivity (Wildman–Crippen MR) is 74.5 cm³/mol. The zero-order chi connectivity index (χ0) is 13.9. The van der Waals surface area contributed by atoms with E-state index in [0.29, 0.717) is 6.42 Å². The molecule has 1 aromatic heterocycles. The summed E-state index contributed by atoms with van der Waals surface area (Å²) < 4.78 is 6.84. The fraction of sp³-hybridized carbons (Fsp3) is 0.400. The van der Waals surface area contributed by atoms with Gasteiger partial charge in [-0.05, 0) is 37.1 Å². The second-order valence-electron chi connectivity index (χ2n) is 5.04. The highest BCUT2D eigenvalue weighted by molar-refractivity contribution is 5.83. The molecule has 1 aliphatic rings. The average Bonchev–Trinajstić information content (AvgIpc) is 2.97. The lowest BCUT2D eigenvalue weighted by Gasteiger charge is -2.19. The molecule has 0 amide bonds. The van der Waals surface area contributed by atoms with Crippen molar-refractivity contribution in [3.8, 4) is 17.0 Å². The smallest absolute Gasteiger partial charge is 0.157 e. The molecule has 1 unspecified atom stereocenters. The first-order chi connectivity index (χ1) is 9.78. The molecule has 2 aromatic rings. The van der Waals surface area contributed by atoms with Crippen LogP contribution in [0.5, 0.6) is 5.75 Å². The summed E-state index contributed by atoms with van der Waals surface area (Å²) >= 11 is 0. The topological polar surface area (TPSA) is 57.0 Å². The van der Waals surface area contributed by atoms with Crippen molar-refractivity contribution in [2.24, 2.45) is 0 Å². The van der Waals surface area contributed by atoms with Gasteiger partial charge in [0.05, 0.1) is 13.3 Å². The van der Waals surface area contributed by atoms with Crippen LogP contribution in [0.15, 0.2) is 30.5 Å². The molecule has 0 spiro atoms. The summed E-state index contributed by atoms with van der Waals surface area (Å²) in [5.41, 5.74) is 1.76. The molecule has 0 radical (unpaired) electrons. The maximum atomic E-state index is 11.9. The Kier molecular flexibility index (Phi) is 3.50. The van der Waals surface area contributed by atoms with Gasteiger partial charge in [0.15, 0.2) is 5.78 Å². The van der Waals surface area contributed by atoms with Crippen molar-refractivity contribution in [1.29, 1.82) is 0 Å². The van der Waals surface area contributed by atoms with Crippen molar-refractivity contribution in [2.45, 2.75) is 31.7 Å². The lowest BCUT2D eigenvalue weighted by molar-refractivity contribution is -0.124. The number of nitrogens with zero attached hydrogens (tertiary/aromatic N) is 3.